The van der Waals surface area contributed by atoms with Gasteiger partial charge in [-0.2, -0.15) is 5.10 Å². The topological polar surface area (TPSA) is 109 Å². The summed E-state index contributed by atoms with van der Waals surface area (Å²) in [6, 6.07) is 26.7. The lowest BCUT2D eigenvalue weighted by molar-refractivity contribution is 0.0126. The van der Waals surface area contributed by atoms with Crippen molar-refractivity contribution in [1.82, 2.24) is 23.6 Å². The maximum absolute atomic E-state index is 14.1. The summed E-state index contributed by atoms with van der Waals surface area (Å²) < 4.78 is 43.2. The van der Waals surface area contributed by atoms with Crippen LogP contribution in [0.5, 0.6) is 5.75 Å². The minimum Gasteiger partial charge on any atom is -0.490 e. The molecular weight excluding hydrogens is 675 g/mol. The van der Waals surface area contributed by atoms with Crippen LogP contribution in [0.15, 0.2) is 115 Å². The molecule has 268 valence electrons. The van der Waals surface area contributed by atoms with Crippen molar-refractivity contribution >= 4 is 27.1 Å². The number of nitrogens with zero attached hydrogens (tertiary/aromatic N) is 5. The summed E-state index contributed by atoms with van der Waals surface area (Å²) in [5, 5.41) is 5.37. The summed E-state index contributed by atoms with van der Waals surface area (Å²) in [6.07, 6.45) is 8.11. The van der Waals surface area contributed by atoms with Gasteiger partial charge in [0.1, 0.15) is 17.5 Å². The Morgan fingerprint density at radius 1 is 0.865 bits per heavy atom. The Bertz CT molecular complexity index is 2320. The van der Waals surface area contributed by atoms with Crippen LogP contribution in [0.1, 0.15) is 57.7 Å². The first-order valence-corrected chi connectivity index (χ1v) is 19.0. The van der Waals surface area contributed by atoms with E-state index in [1.165, 1.54) is 3.97 Å². The number of carbonyl (C=O) groups excluding carboxylic acids is 1. The standard InChI is InChI=1S/C41H43N5O5S/c1-28-14-16-36(17-15-28)52(48,49)46-27-38(33-25-43-45(26-33)29(2)30-10-7-6-8-11-30)37-23-32(24-42-39(37)46)31-12-9-13-35(22-31)50-34-18-20-44(21-19-34)40(47)51-41(3,4)5/h6-17,22-27,29,34H,18-21H2,1-5H3. The molecule has 1 unspecified atom stereocenters. The molecule has 10 nitrogen and oxygen atoms in total. The van der Waals surface area contributed by atoms with E-state index in [0.717, 1.165) is 27.8 Å². The van der Waals surface area contributed by atoms with Crippen molar-refractivity contribution < 1.29 is 22.7 Å². The first-order chi connectivity index (χ1) is 24.9. The van der Waals surface area contributed by atoms with Gasteiger partial charge in [0.15, 0.2) is 5.65 Å². The number of hydrogen-bond donors (Lipinski definition) is 0. The van der Waals surface area contributed by atoms with E-state index in [9.17, 15) is 13.2 Å². The van der Waals surface area contributed by atoms with Gasteiger partial charge in [-0.1, -0.05) is 60.2 Å². The molecule has 4 heterocycles. The second-order valence-corrected chi connectivity index (χ2v) is 16.2. The van der Waals surface area contributed by atoms with Gasteiger partial charge in [0.2, 0.25) is 0 Å². The molecule has 52 heavy (non-hydrogen) atoms. The number of amides is 1. The van der Waals surface area contributed by atoms with Gasteiger partial charge in [-0.15, -0.1) is 0 Å². The van der Waals surface area contributed by atoms with E-state index in [0.29, 0.717) is 48.3 Å². The Hall–Kier alpha value is -5.42. The predicted octanol–water partition coefficient (Wildman–Crippen LogP) is 8.50. The van der Waals surface area contributed by atoms with Gasteiger partial charge in [0.05, 0.1) is 17.1 Å². The Morgan fingerprint density at radius 2 is 1.60 bits per heavy atom. The minimum absolute atomic E-state index is 0.0273. The first kappa shape index (κ1) is 35.0. The van der Waals surface area contributed by atoms with Crippen LogP contribution in [0.4, 0.5) is 4.79 Å². The quantitative estimate of drug-likeness (QED) is 0.155. The zero-order valence-corrected chi connectivity index (χ0v) is 30.9. The summed E-state index contributed by atoms with van der Waals surface area (Å²) in [6.45, 7) is 10.7. The van der Waals surface area contributed by atoms with Gasteiger partial charge in [-0.25, -0.2) is 22.2 Å². The van der Waals surface area contributed by atoms with Crippen molar-refractivity contribution in [3.63, 3.8) is 0 Å². The van der Waals surface area contributed by atoms with E-state index in [4.69, 9.17) is 14.5 Å². The Kier molecular flexibility index (Phi) is 9.39. The number of aryl methyl sites for hydroxylation is 1. The van der Waals surface area contributed by atoms with E-state index in [1.807, 2.05) is 87.1 Å². The molecule has 1 fully saturated rings. The second-order valence-electron chi connectivity index (χ2n) is 14.4. The lowest BCUT2D eigenvalue weighted by atomic mass is 10.0. The van der Waals surface area contributed by atoms with Crippen LogP contribution in [-0.2, 0) is 14.8 Å². The number of rotatable bonds is 8. The van der Waals surface area contributed by atoms with Crippen LogP contribution >= 0.6 is 0 Å². The summed E-state index contributed by atoms with van der Waals surface area (Å²) >= 11 is 0. The van der Waals surface area contributed by atoms with Crippen LogP contribution in [0.2, 0.25) is 0 Å². The molecule has 6 aromatic rings. The van der Waals surface area contributed by atoms with Crippen molar-refractivity contribution in [3.8, 4) is 28.0 Å². The van der Waals surface area contributed by atoms with Crippen molar-refractivity contribution in [2.75, 3.05) is 13.1 Å². The summed E-state index contributed by atoms with van der Waals surface area (Å²) in [7, 11) is -3.97. The summed E-state index contributed by atoms with van der Waals surface area (Å²) in [5.74, 6) is 0.712. The molecule has 0 aliphatic carbocycles. The zero-order chi connectivity index (χ0) is 36.6. The molecule has 1 aliphatic rings. The fourth-order valence-electron chi connectivity index (χ4n) is 6.47. The molecule has 3 aromatic heterocycles. The lowest BCUT2D eigenvalue weighted by Crippen LogP contribution is -2.44. The van der Waals surface area contributed by atoms with Crippen molar-refractivity contribution in [1.29, 1.82) is 0 Å². The number of aromatic nitrogens is 4. The monoisotopic (exact) mass is 717 g/mol. The average molecular weight is 718 g/mol. The highest BCUT2D eigenvalue weighted by Gasteiger charge is 2.28. The third-order valence-corrected chi connectivity index (χ3v) is 11.0. The molecule has 0 spiro atoms. The fourth-order valence-corrected chi connectivity index (χ4v) is 7.80. The van der Waals surface area contributed by atoms with Gasteiger partial charge >= 0.3 is 6.09 Å². The van der Waals surface area contributed by atoms with E-state index in [-0.39, 0.29) is 23.1 Å². The Balaban J connectivity index is 1.21. The molecule has 1 aliphatic heterocycles. The highest BCUT2D eigenvalue weighted by molar-refractivity contribution is 7.90. The molecule has 1 saturated heterocycles. The highest BCUT2D eigenvalue weighted by atomic mass is 32.2. The molecule has 1 atom stereocenters. The second kappa shape index (κ2) is 14.0. The predicted molar refractivity (Wildman–Crippen MR) is 202 cm³/mol. The average Bonchev–Trinajstić information content (AvgIpc) is 3.77. The molecular formula is C41H43N5O5S. The number of piperidine rings is 1. The molecule has 1 amide bonds. The van der Waals surface area contributed by atoms with Crippen molar-refractivity contribution in [3.05, 3.63) is 121 Å². The highest BCUT2D eigenvalue weighted by Crippen LogP contribution is 2.36. The van der Waals surface area contributed by atoms with Crippen LogP contribution in [0.25, 0.3) is 33.3 Å². The molecule has 7 rings (SSSR count). The van der Waals surface area contributed by atoms with Gasteiger partial charge in [-0.3, -0.25) is 4.68 Å². The van der Waals surface area contributed by atoms with Crippen LogP contribution < -0.4 is 4.74 Å². The lowest BCUT2D eigenvalue weighted by Gasteiger charge is -2.33. The fraction of sp³-hybridized carbons (Fsp3) is 0.293. The molecule has 3 aromatic carbocycles. The maximum Gasteiger partial charge on any atom is 0.410 e. The van der Waals surface area contributed by atoms with E-state index in [2.05, 4.69) is 24.2 Å². The third kappa shape index (κ3) is 7.32. The number of pyridine rings is 1. The third-order valence-electron chi connectivity index (χ3n) is 9.34. The molecule has 0 saturated carbocycles. The Morgan fingerprint density at radius 3 is 2.31 bits per heavy atom. The van der Waals surface area contributed by atoms with Crippen molar-refractivity contribution in [2.24, 2.45) is 0 Å². The summed E-state index contributed by atoms with van der Waals surface area (Å²) in [5.41, 5.74) is 5.05. The molecule has 11 heteroatoms. The first-order valence-electron chi connectivity index (χ1n) is 17.5. The number of ether oxygens (including phenoxy) is 2. The van der Waals surface area contributed by atoms with Crippen LogP contribution in [0, 0.1) is 6.92 Å². The van der Waals surface area contributed by atoms with Gasteiger partial charge < -0.3 is 14.4 Å². The number of benzene rings is 3. The molecule has 0 N–H and O–H groups in total. The molecule has 0 bridgehead atoms. The largest absolute Gasteiger partial charge is 0.490 e. The summed E-state index contributed by atoms with van der Waals surface area (Å²) in [4.78, 5) is 19.2. The number of hydrogen-bond acceptors (Lipinski definition) is 7. The molecule has 0 radical (unpaired) electrons. The van der Waals surface area contributed by atoms with Gasteiger partial charge in [0.25, 0.3) is 10.0 Å². The van der Waals surface area contributed by atoms with E-state index < -0.39 is 15.6 Å². The maximum atomic E-state index is 14.1. The van der Waals surface area contributed by atoms with Crippen LogP contribution in [0.3, 0.4) is 0 Å². The van der Waals surface area contributed by atoms with Gasteiger partial charge in [-0.05, 0) is 76.1 Å². The van der Waals surface area contributed by atoms with Crippen molar-refractivity contribution in [2.45, 2.75) is 70.1 Å². The normalized spacial score (nSPS) is 14.8. The number of carbonyl (C=O) groups is 1. The smallest absolute Gasteiger partial charge is 0.410 e. The van der Waals surface area contributed by atoms with Crippen LogP contribution in [-0.4, -0.2) is 62.9 Å². The minimum atomic E-state index is -3.97. The van der Waals surface area contributed by atoms with Gasteiger partial charge in [0, 0.05) is 66.6 Å². The number of fused-ring (bicyclic) bond motifs is 1. The number of likely N-dealkylation sites (tertiary alicyclic amines) is 1. The Labute approximate surface area is 304 Å². The van der Waals surface area contributed by atoms with E-state index in [1.54, 1.807) is 47.8 Å². The SMILES string of the molecule is Cc1ccc(S(=O)(=O)n2cc(-c3cnn(C(C)c4ccccc4)c3)c3cc(-c4cccc(OC5CCN(C(=O)OC(C)(C)C)CC5)c4)cnc32)cc1. The van der Waals surface area contributed by atoms with E-state index >= 15 is 0 Å². The zero-order valence-electron chi connectivity index (χ0n) is 30.1.